The van der Waals surface area contributed by atoms with E-state index in [9.17, 15) is 29.7 Å². The third kappa shape index (κ3) is 6.06. The van der Waals surface area contributed by atoms with Gasteiger partial charge in [-0.05, 0) is 62.1 Å². The van der Waals surface area contributed by atoms with Crippen LogP contribution in [0.1, 0.15) is 40.5 Å². The molecule has 0 spiro atoms. The molecule has 3 rings (SSSR count). The second kappa shape index (κ2) is 10.6. The van der Waals surface area contributed by atoms with Crippen molar-refractivity contribution in [3.05, 3.63) is 47.5 Å². The van der Waals surface area contributed by atoms with E-state index in [1.807, 2.05) is 0 Å². The maximum atomic E-state index is 12.6. The number of phenolic OH excluding ortho intramolecular Hbond substituents is 3. The Morgan fingerprint density at radius 2 is 1.61 bits per heavy atom. The Balaban J connectivity index is 1.46. The van der Waals surface area contributed by atoms with Crippen molar-refractivity contribution in [2.75, 3.05) is 26.2 Å². The number of phenols is 3. The fourth-order valence-electron chi connectivity index (χ4n) is 3.51. The minimum Gasteiger partial charge on any atom is -0.504 e. The predicted molar refractivity (Wildman–Crippen MR) is 116 cm³/mol. The maximum absolute atomic E-state index is 12.6. The van der Waals surface area contributed by atoms with Crippen molar-refractivity contribution in [3.63, 3.8) is 0 Å². The van der Waals surface area contributed by atoms with Gasteiger partial charge in [0.25, 0.3) is 11.8 Å². The van der Waals surface area contributed by atoms with Crippen LogP contribution in [0, 0.1) is 5.92 Å². The van der Waals surface area contributed by atoms with Gasteiger partial charge in [-0.15, -0.1) is 0 Å². The number of hydrogen-bond acceptors (Lipinski definition) is 8. The molecule has 0 radical (unpaired) electrons. The van der Waals surface area contributed by atoms with Gasteiger partial charge in [-0.3, -0.25) is 9.59 Å². The lowest BCUT2D eigenvalue weighted by molar-refractivity contribution is 0.0683. The first-order valence-corrected chi connectivity index (χ1v) is 10.6. The van der Waals surface area contributed by atoms with E-state index >= 15 is 0 Å². The molecule has 2 aromatic carbocycles. The number of aromatic hydroxyl groups is 3. The Kier molecular flexibility index (Phi) is 7.60. The molecule has 1 aliphatic rings. The number of benzene rings is 2. The molecule has 0 unspecified atom stereocenters. The number of piperidine rings is 1. The van der Waals surface area contributed by atoms with Crippen LogP contribution in [-0.2, 0) is 4.74 Å². The molecular weight excluding hydrogens is 432 g/mol. The lowest BCUT2D eigenvalue weighted by atomic mass is 9.96. The summed E-state index contributed by atoms with van der Waals surface area (Å²) in [5.41, 5.74) is 0.510. The van der Waals surface area contributed by atoms with Gasteiger partial charge in [0.05, 0.1) is 6.61 Å². The number of ether oxygens (including phenoxy) is 2. The Labute approximate surface area is 190 Å². The highest BCUT2D eigenvalue weighted by Crippen LogP contribution is 2.36. The molecule has 1 saturated heterocycles. The van der Waals surface area contributed by atoms with E-state index in [-0.39, 0.29) is 35.7 Å². The van der Waals surface area contributed by atoms with E-state index in [1.165, 1.54) is 12.1 Å². The summed E-state index contributed by atoms with van der Waals surface area (Å²) in [6, 6.07) is 8.35. The van der Waals surface area contributed by atoms with Crippen LogP contribution < -0.4 is 10.1 Å². The quantitative estimate of drug-likeness (QED) is 0.294. The van der Waals surface area contributed by atoms with Crippen LogP contribution in [0.4, 0.5) is 4.79 Å². The third-order valence-electron chi connectivity index (χ3n) is 5.35. The van der Waals surface area contributed by atoms with E-state index < -0.39 is 23.4 Å². The number of likely N-dealkylation sites (tertiary alicyclic amines) is 1. The van der Waals surface area contributed by atoms with Crippen LogP contribution in [0.25, 0.3) is 0 Å². The molecule has 1 aliphatic heterocycles. The summed E-state index contributed by atoms with van der Waals surface area (Å²) in [7, 11) is 0. The lowest BCUT2D eigenvalue weighted by Gasteiger charge is -2.32. The van der Waals surface area contributed by atoms with E-state index in [0.717, 1.165) is 12.1 Å². The van der Waals surface area contributed by atoms with E-state index in [4.69, 9.17) is 9.47 Å². The second-order valence-electron chi connectivity index (χ2n) is 7.62. The smallest absolute Gasteiger partial charge is 0.504 e. The zero-order valence-electron chi connectivity index (χ0n) is 18.1. The highest BCUT2D eigenvalue weighted by molar-refractivity contribution is 5.96. The SMILES string of the molecule is CCOC(=O)Oc1ccc(C(=O)NCC2CCN(C(=O)c3cc(O)c(O)c(O)c3)CC2)cc1. The molecule has 4 N–H and O–H groups in total. The number of nitrogens with one attached hydrogen (secondary N) is 1. The monoisotopic (exact) mass is 458 g/mol. The summed E-state index contributed by atoms with van der Waals surface area (Å²) < 4.78 is 9.65. The first-order chi connectivity index (χ1) is 15.8. The number of carbonyl (C=O) groups is 3. The molecule has 1 fully saturated rings. The lowest BCUT2D eigenvalue weighted by Crippen LogP contribution is -2.41. The molecule has 0 atom stereocenters. The normalized spacial score (nSPS) is 13.9. The Hall–Kier alpha value is -3.95. The van der Waals surface area contributed by atoms with E-state index in [2.05, 4.69) is 5.32 Å². The molecule has 0 bridgehead atoms. The number of rotatable bonds is 6. The van der Waals surface area contributed by atoms with Gasteiger partial charge in [0.15, 0.2) is 17.2 Å². The maximum Gasteiger partial charge on any atom is 0.513 e. The molecule has 176 valence electrons. The highest BCUT2D eigenvalue weighted by Gasteiger charge is 2.25. The zero-order chi connectivity index (χ0) is 24.0. The summed E-state index contributed by atoms with van der Waals surface area (Å²) in [6.07, 6.45) is 0.543. The molecule has 10 heteroatoms. The summed E-state index contributed by atoms with van der Waals surface area (Å²) in [5.74, 6) is -1.93. The van der Waals surface area contributed by atoms with Crippen molar-refractivity contribution in [1.82, 2.24) is 10.2 Å². The Bertz CT molecular complexity index is 991. The number of carbonyl (C=O) groups excluding carboxylic acids is 3. The molecule has 0 saturated carbocycles. The molecule has 10 nitrogen and oxygen atoms in total. The van der Waals surface area contributed by atoms with Crippen molar-refractivity contribution in [1.29, 1.82) is 0 Å². The van der Waals surface area contributed by atoms with E-state index in [1.54, 1.807) is 24.0 Å². The third-order valence-corrected chi connectivity index (χ3v) is 5.35. The standard InChI is InChI=1S/C23H26N2O8/c1-2-32-23(31)33-17-5-3-15(4-6-17)21(29)24-13-14-7-9-25(10-8-14)22(30)16-11-18(26)20(28)19(27)12-16/h3-6,11-12,14,26-28H,2,7-10,13H2,1H3,(H,24,29). The largest absolute Gasteiger partial charge is 0.513 e. The molecule has 2 amide bonds. The fourth-order valence-corrected chi connectivity index (χ4v) is 3.51. The molecule has 2 aromatic rings. The van der Waals surface area contributed by atoms with Gasteiger partial charge >= 0.3 is 6.16 Å². The fraction of sp³-hybridized carbons (Fsp3) is 0.348. The Morgan fingerprint density at radius 3 is 2.18 bits per heavy atom. The van der Waals surface area contributed by atoms with Crippen LogP contribution in [-0.4, -0.2) is 64.4 Å². The topological polar surface area (TPSA) is 146 Å². The first kappa shape index (κ1) is 23.7. The summed E-state index contributed by atoms with van der Waals surface area (Å²) in [4.78, 5) is 37.9. The number of nitrogens with zero attached hydrogens (tertiary/aromatic N) is 1. The van der Waals surface area contributed by atoms with Crippen LogP contribution in [0.2, 0.25) is 0 Å². The van der Waals surface area contributed by atoms with Crippen LogP contribution in [0.5, 0.6) is 23.0 Å². The average molecular weight is 458 g/mol. The van der Waals surface area contributed by atoms with Crippen molar-refractivity contribution in [2.24, 2.45) is 5.92 Å². The Morgan fingerprint density at radius 1 is 1.00 bits per heavy atom. The van der Waals surface area contributed by atoms with Crippen molar-refractivity contribution >= 4 is 18.0 Å². The minimum atomic E-state index is -0.807. The van der Waals surface area contributed by atoms with Gasteiger partial charge < -0.3 is 35.0 Å². The summed E-state index contributed by atoms with van der Waals surface area (Å²) in [5, 5.41) is 31.5. The minimum absolute atomic E-state index is 0.0879. The van der Waals surface area contributed by atoms with E-state index in [0.29, 0.717) is 38.0 Å². The van der Waals surface area contributed by atoms with Gasteiger partial charge in [-0.1, -0.05) is 0 Å². The van der Waals surface area contributed by atoms with Crippen molar-refractivity contribution < 1.29 is 39.2 Å². The van der Waals surface area contributed by atoms with Gasteiger partial charge in [0.1, 0.15) is 5.75 Å². The molecule has 33 heavy (non-hydrogen) atoms. The molecule has 0 aliphatic carbocycles. The summed E-state index contributed by atoms with van der Waals surface area (Å²) >= 11 is 0. The number of amides is 2. The van der Waals surface area contributed by atoms with Gasteiger partial charge in [0.2, 0.25) is 0 Å². The predicted octanol–water partition coefficient (Wildman–Crippen LogP) is 2.62. The molecule has 1 heterocycles. The average Bonchev–Trinajstić information content (AvgIpc) is 2.81. The van der Waals surface area contributed by atoms with Crippen LogP contribution >= 0.6 is 0 Å². The number of hydrogen-bond donors (Lipinski definition) is 4. The van der Waals surface area contributed by atoms with Crippen molar-refractivity contribution in [2.45, 2.75) is 19.8 Å². The van der Waals surface area contributed by atoms with Crippen LogP contribution in [0.3, 0.4) is 0 Å². The molecule has 0 aromatic heterocycles. The van der Waals surface area contributed by atoms with Gasteiger partial charge in [0, 0.05) is 30.8 Å². The second-order valence-corrected chi connectivity index (χ2v) is 7.62. The summed E-state index contributed by atoms with van der Waals surface area (Å²) in [6.45, 7) is 3.24. The highest BCUT2D eigenvalue weighted by atomic mass is 16.7. The zero-order valence-corrected chi connectivity index (χ0v) is 18.1. The van der Waals surface area contributed by atoms with Gasteiger partial charge in [-0.2, -0.15) is 0 Å². The van der Waals surface area contributed by atoms with Gasteiger partial charge in [-0.25, -0.2) is 4.79 Å². The first-order valence-electron chi connectivity index (χ1n) is 10.6. The van der Waals surface area contributed by atoms with Crippen LogP contribution in [0.15, 0.2) is 36.4 Å². The van der Waals surface area contributed by atoms with Crippen molar-refractivity contribution in [3.8, 4) is 23.0 Å². The molecular formula is C23H26N2O8.